The van der Waals surface area contributed by atoms with Crippen LogP contribution in [-0.2, 0) is 4.79 Å². The lowest BCUT2D eigenvalue weighted by atomic mass is 10.2. The van der Waals surface area contributed by atoms with E-state index < -0.39 is 0 Å². The lowest BCUT2D eigenvalue weighted by Gasteiger charge is -2.20. The smallest absolute Gasteiger partial charge is 0.256 e. The predicted molar refractivity (Wildman–Crippen MR) is 83.4 cm³/mol. The van der Waals surface area contributed by atoms with Crippen LogP contribution in [0.3, 0.4) is 0 Å². The number of thioether (sulfide) groups is 1. The van der Waals surface area contributed by atoms with Crippen molar-refractivity contribution in [2.24, 2.45) is 0 Å². The molecule has 0 radical (unpaired) electrons. The van der Waals surface area contributed by atoms with E-state index in [0.717, 1.165) is 25.9 Å². The third-order valence-electron chi connectivity index (χ3n) is 3.46. The van der Waals surface area contributed by atoms with E-state index >= 15 is 0 Å². The molecule has 2 heterocycles. The van der Waals surface area contributed by atoms with E-state index in [1.807, 2.05) is 11.8 Å². The topological polar surface area (TPSA) is 53.5 Å². The third-order valence-corrected chi connectivity index (χ3v) is 4.57. The fourth-order valence-corrected chi connectivity index (χ4v) is 3.29. The lowest BCUT2D eigenvalue weighted by molar-refractivity contribution is -0.129. The number of hydrogen-bond donors (Lipinski definition) is 0. The number of rotatable bonds is 4. The molecule has 1 fully saturated rings. The third kappa shape index (κ3) is 3.75. The van der Waals surface area contributed by atoms with Gasteiger partial charge in [0.2, 0.25) is 5.91 Å². The zero-order valence-corrected chi connectivity index (χ0v) is 13.5. The van der Waals surface area contributed by atoms with Crippen LogP contribution < -0.4 is 0 Å². The zero-order valence-electron chi connectivity index (χ0n) is 12.7. The Balaban J connectivity index is 2.11. The molecule has 1 aliphatic rings. The zero-order chi connectivity index (χ0) is 15.4. The molecule has 0 bridgehead atoms. The van der Waals surface area contributed by atoms with Crippen LogP contribution in [0.4, 0.5) is 0 Å². The van der Waals surface area contributed by atoms with E-state index in [1.165, 1.54) is 16.7 Å². The molecule has 0 N–H and O–H groups in total. The maximum Gasteiger partial charge on any atom is 0.256 e. The highest BCUT2D eigenvalue weighted by molar-refractivity contribution is 8.00. The predicted octanol–water partition coefficient (Wildman–Crippen LogP) is 1.89. The Morgan fingerprint density at radius 3 is 2.62 bits per heavy atom. The monoisotopic (exact) mass is 307 g/mol. The molecule has 2 rings (SSSR count). The molecule has 0 saturated carbocycles. The molecule has 1 aromatic rings. The Morgan fingerprint density at radius 2 is 2.00 bits per heavy atom. The summed E-state index contributed by atoms with van der Waals surface area (Å²) in [7, 11) is 3.42. The first-order valence-electron chi connectivity index (χ1n) is 7.13. The molecule has 1 aliphatic heterocycles. The Labute approximate surface area is 129 Å². The average molecular weight is 307 g/mol. The van der Waals surface area contributed by atoms with Crippen molar-refractivity contribution in [1.82, 2.24) is 14.8 Å². The van der Waals surface area contributed by atoms with E-state index in [4.69, 9.17) is 0 Å². The fraction of sp³-hybridized carbons (Fsp3) is 0.533. The minimum atomic E-state index is -0.230. The molecule has 1 atom stereocenters. The van der Waals surface area contributed by atoms with Crippen LogP contribution in [-0.4, -0.2) is 59.0 Å². The molecular weight excluding hydrogens is 286 g/mol. The number of likely N-dealkylation sites (tertiary alicyclic amines) is 1. The summed E-state index contributed by atoms with van der Waals surface area (Å²) >= 11 is 1.36. The van der Waals surface area contributed by atoms with Crippen LogP contribution in [0.5, 0.6) is 0 Å². The Kier molecular flexibility index (Phi) is 5.22. The molecule has 2 amide bonds. The molecule has 0 unspecified atom stereocenters. The SMILES string of the molecule is C[C@@H](Sc1ncccc1C(=O)N(C)C)C(=O)N1CCCC1. The van der Waals surface area contributed by atoms with E-state index in [-0.39, 0.29) is 17.1 Å². The van der Waals surface area contributed by atoms with Crippen molar-refractivity contribution in [3.8, 4) is 0 Å². The van der Waals surface area contributed by atoms with E-state index in [0.29, 0.717) is 10.6 Å². The van der Waals surface area contributed by atoms with Crippen molar-refractivity contribution in [1.29, 1.82) is 0 Å². The first-order valence-corrected chi connectivity index (χ1v) is 8.00. The second kappa shape index (κ2) is 6.93. The second-order valence-electron chi connectivity index (χ2n) is 5.35. The standard InChI is InChI=1S/C15H21N3O2S/c1-11(14(19)18-9-4-5-10-18)21-13-12(7-6-8-16-13)15(20)17(2)3/h6-8,11H,4-5,9-10H2,1-3H3/t11-/m1/s1. The van der Waals surface area contributed by atoms with Gasteiger partial charge in [-0.05, 0) is 31.9 Å². The van der Waals surface area contributed by atoms with E-state index in [9.17, 15) is 9.59 Å². The van der Waals surface area contributed by atoms with Crippen LogP contribution >= 0.6 is 11.8 Å². The van der Waals surface area contributed by atoms with E-state index in [1.54, 1.807) is 32.4 Å². The maximum absolute atomic E-state index is 12.3. The van der Waals surface area contributed by atoms with Gasteiger partial charge >= 0.3 is 0 Å². The number of amides is 2. The molecule has 114 valence electrons. The van der Waals surface area contributed by atoms with Gasteiger partial charge in [-0.25, -0.2) is 4.98 Å². The molecule has 5 nitrogen and oxygen atoms in total. The Morgan fingerprint density at radius 1 is 1.33 bits per heavy atom. The minimum absolute atomic E-state index is 0.0913. The number of pyridine rings is 1. The van der Waals surface area contributed by atoms with Crippen molar-refractivity contribution in [2.75, 3.05) is 27.2 Å². The van der Waals surface area contributed by atoms with Crippen molar-refractivity contribution < 1.29 is 9.59 Å². The average Bonchev–Trinajstić information content (AvgIpc) is 3.00. The highest BCUT2D eigenvalue weighted by atomic mass is 32.2. The van der Waals surface area contributed by atoms with Gasteiger partial charge in [0, 0.05) is 33.4 Å². The molecule has 1 saturated heterocycles. The minimum Gasteiger partial charge on any atom is -0.345 e. The van der Waals surface area contributed by atoms with Crippen LogP contribution in [0.15, 0.2) is 23.4 Å². The van der Waals surface area contributed by atoms with Crippen LogP contribution in [0.1, 0.15) is 30.1 Å². The van der Waals surface area contributed by atoms with Crippen molar-refractivity contribution in [2.45, 2.75) is 30.0 Å². The van der Waals surface area contributed by atoms with Gasteiger partial charge in [0.05, 0.1) is 10.8 Å². The van der Waals surface area contributed by atoms with Crippen molar-refractivity contribution in [3.05, 3.63) is 23.9 Å². The van der Waals surface area contributed by atoms with Gasteiger partial charge in [-0.15, -0.1) is 0 Å². The quantitative estimate of drug-likeness (QED) is 0.797. The largest absolute Gasteiger partial charge is 0.345 e. The van der Waals surface area contributed by atoms with Gasteiger partial charge in [-0.3, -0.25) is 9.59 Å². The summed E-state index contributed by atoms with van der Waals surface area (Å²) in [4.78, 5) is 32.2. The number of nitrogens with zero attached hydrogens (tertiary/aromatic N) is 3. The molecule has 0 aliphatic carbocycles. The van der Waals surface area contributed by atoms with Crippen LogP contribution in [0.25, 0.3) is 0 Å². The van der Waals surface area contributed by atoms with Gasteiger partial charge in [0.1, 0.15) is 5.03 Å². The van der Waals surface area contributed by atoms with Crippen molar-refractivity contribution >= 4 is 23.6 Å². The van der Waals surface area contributed by atoms with Crippen LogP contribution in [0.2, 0.25) is 0 Å². The summed E-state index contributed by atoms with van der Waals surface area (Å²) in [5.74, 6) is 0.0397. The van der Waals surface area contributed by atoms with Gasteiger partial charge in [-0.1, -0.05) is 11.8 Å². The van der Waals surface area contributed by atoms with Crippen molar-refractivity contribution in [3.63, 3.8) is 0 Å². The summed E-state index contributed by atoms with van der Waals surface area (Å²) < 4.78 is 0. The van der Waals surface area contributed by atoms with E-state index in [2.05, 4.69) is 4.98 Å². The first-order chi connectivity index (χ1) is 10.0. The van der Waals surface area contributed by atoms with Gasteiger partial charge in [-0.2, -0.15) is 0 Å². The number of carbonyl (C=O) groups excluding carboxylic acids is 2. The summed E-state index contributed by atoms with van der Waals surface area (Å²) in [5, 5.41) is 0.392. The molecule has 1 aromatic heterocycles. The fourth-order valence-electron chi connectivity index (χ4n) is 2.30. The van der Waals surface area contributed by atoms with Gasteiger partial charge in [0.15, 0.2) is 0 Å². The highest BCUT2D eigenvalue weighted by Gasteiger charge is 2.26. The molecule has 6 heteroatoms. The first kappa shape index (κ1) is 15.8. The summed E-state index contributed by atoms with van der Waals surface area (Å²) in [6, 6.07) is 3.50. The molecule has 0 spiro atoms. The number of aromatic nitrogens is 1. The number of carbonyl (C=O) groups is 2. The second-order valence-corrected chi connectivity index (χ2v) is 6.68. The highest BCUT2D eigenvalue weighted by Crippen LogP contribution is 2.27. The summed E-state index contributed by atoms with van der Waals surface area (Å²) in [6.07, 6.45) is 3.82. The maximum atomic E-state index is 12.3. The Bertz CT molecular complexity index is 527. The lowest BCUT2D eigenvalue weighted by Crippen LogP contribution is -2.34. The Hall–Kier alpha value is -1.56. The number of hydrogen-bond acceptors (Lipinski definition) is 4. The van der Waals surface area contributed by atoms with Gasteiger partial charge < -0.3 is 9.80 Å². The normalized spacial score (nSPS) is 15.9. The summed E-state index contributed by atoms with van der Waals surface area (Å²) in [6.45, 7) is 3.56. The van der Waals surface area contributed by atoms with Crippen LogP contribution in [0, 0.1) is 0 Å². The molecule has 0 aromatic carbocycles. The molecular formula is C15H21N3O2S. The molecule has 21 heavy (non-hydrogen) atoms. The summed E-state index contributed by atoms with van der Waals surface area (Å²) in [5.41, 5.74) is 0.550. The van der Waals surface area contributed by atoms with Gasteiger partial charge in [0.25, 0.3) is 5.91 Å².